The molecular formula is C9H16N2O4. The number of aliphatic hydroxyl groups excluding tert-OH is 1. The van der Waals surface area contributed by atoms with Gasteiger partial charge in [0.2, 0.25) is 0 Å². The standard InChI is InChI=1S/C9H16N2O4/c10-2-4-11(3-1-9(13)14)5-7-15-8-6-12/h12H,1,3-8H2,(H,13,14). The molecule has 0 fully saturated rings. The number of aliphatic carboxylic acids is 1. The van der Waals surface area contributed by atoms with E-state index >= 15 is 0 Å². The van der Waals surface area contributed by atoms with Gasteiger partial charge in [-0.2, -0.15) is 5.26 Å². The number of ether oxygens (including phenoxy) is 1. The second-order valence-electron chi connectivity index (χ2n) is 2.91. The molecule has 2 N–H and O–H groups in total. The van der Waals surface area contributed by atoms with E-state index in [-0.39, 0.29) is 26.2 Å². The third-order valence-corrected chi connectivity index (χ3v) is 1.72. The molecule has 0 spiro atoms. The maximum absolute atomic E-state index is 10.3. The molecule has 0 saturated carbocycles. The van der Waals surface area contributed by atoms with Crippen molar-refractivity contribution in [2.24, 2.45) is 0 Å². The first kappa shape index (κ1) is 13.8. The fourth-order valence-corrected chi connectivity index (χ4v) is 0.984. The van der Waals surface area contributed by atoms with E-state index in [0.717, 1.165) is 0 Å². The summed E-state index contributed by atoms with van der Waals surface area (Å²) in [6.07, 6.45) is 0.0156. The lowest BCUT2D eigenvalue weighted by Gasteiger charge is -2.17. The van der Waals surface area contributed by atoms with Crippen LogP contribution in [0.25, 0.3) is 0 Å². The number of nitrogens with zero attached hydrogens (tertiary/aromatic N) is 2. The van der Waals surface area contributed by atoms with Gasteiger partial charge in [0.15, 0.2) is 0 Å². The molecule has 0 saturated heterocycles. The largest absolute Gasteiger partial charge is 0.481 e. The van der Waals surface area contributed by atoms with E-state index in [1.54, 1.807) is 4.90 Å². The van der Waals surface area contributed by atoms with Crippen LogP contribution in [0.4, 0.5) is 0 Å². The number of aliphatic hydroxyl groups is 1. The van der Waals surface area contributed by atoms with Crippen molar-refractivity contribution < 1.29 is 19.7 Å². The highest BCUT2D eigenvalue weighted by Crippen LogP contribution is 1.91. The quantitative estimate of drug-likeness (QED) is 0.391. The van der Waals surface area contributed by atoms with Crippen molar-refractivity contribution in [1.82, 2.24) is 4.90 Å². The molecule has 15 heavy (non-hydrogen) atoms. The van der Waals surface area contributed by atoms with Gasteiger partial charge in [-0.05, 0) is 0 Å². The molecule has 0 amide bonds. The highest BCUT2D eigenvalue weighted by Gasteiger charge is 2.06. The number of hydrogen-bond donors (Lipinski definition) is 2. The van der Waals surface area contributed by atoms with Gasteiger partial charge in [-0.15, -0.1) is 0 Å². The van der Waals surface area contributed by atoms with E-state index < -0.39 is 5.97 Å². The maximum atomic E-state index is 10.3. The summed E-state index contributed by atoms with van der Waals surface area (Å²) in [5.41, 5.74) is 0. The van der Waals surface area contributed by atoms with Crippen molar-refractivity contribution in [1.29, 1.82) is 5.26 Å². The third-order valence-electron chi connectivity index (χ3n) is 1.72. The Morgan fingerprint density at radius 3 is 2.67 bits per heavy atom. The number of rotatable bonds is 9. The highest BCUT2D eigenvalue weighted by molar-refractivity contribution is 5.66. The Labute approximate surface area is 88.7 Å². The minimum atomic E-state index is -0.880. The van der Waals surface area contributed by atoms with Gasteiger partial charge in [-0.3, -0.25) is 9.69 Å². The summed E-state index contributed by atoms with van der Waals surface area (Å²) < 4.78 is 5.02. The van der Waals surface area contributed by atoms with Gasteiger partial charge in [0.25, 0.3) is 0 Å². The zero-order chi connectivity index (χ0) is 11.5. The van der Waals surface area contributed by atoms with Gasteiger partial charge >= 0.3 is 5.97 Å². The second-order valence-corrected chi connectivity index (χ2v) is 2.91. The first-order valence-corrected chi connectivity index (χ1v) is 4.70. The van der Waals surface area contributed by atoms with Gasteiger partial charge in [0, 0.05) is 13.1 Å². The summed E-state index contributed by atoms with van der Waals surface area (Å²) in [4.78, 5) is 12.0. The smallest absolute Gasteiger partial charge is 0.304 e. The predicted molar refractivity (Wildman–Crippen MR) is 52.2 cm³/mol. The fraction of sp³-hybridized carbons (Fsp3) is 0.778. The number of carboxylic acids is 1. The van der Waals surface area contributed by atoms with Crippen molar-refractivity contribution in [3.05, 3.63) is 0 Å². The summed E-state index contributed by atoms with van der Waals surface area (Å²) in [5, 5.41) is 25.4. The minimum absolute atomic E-state index is 0.0156. The Kier molecular flexibility index (Phi) is 8.67. The van der Waals surface area contributed by atoms with Crippen molar-refractivity contribution in [3.8, 4) is 6.07 Å². The lowest BCUT2D eigenvalue weighted by atomic mass is 10.3. The fourth-order valence-electron chi connectivity index (χ4n) is 0.984. The highest BCUT2D eigenvalue weighted by atomic mass is 16.5. The van der Waals surface area contributed by atoms with Crippen LogP contribution in [0.2, 0.25) is 0 Å². The molecule has 0 atom stereocenters. The molecule has 0 aliphatic carbocycles. The molecule has 0 rings (SSSR count). The van der Waals surface area contributed by atoms with E-state index in [4.69, 9.17) is 20.2 Å². The molecule has 0 aromatic carbocycles. The van der Waals surface area contributed by atoms with E-state index in [9.17, 15) is 4.79 Å². The van der Waals surface area contributed by atoms with Crippen LogP contribution in [0, 0.1) is 11.3 Å². The van der Waals surface area contributed by atoms with Crippen molar-refractivity contribution in [2.45, 2.75) is 6.42 Å². The van der Waals surface area contributed by atoms with Crippen LogP contribution in [0.1, 0.15) is 6.42 Å². The van der Waals surface area contributed by atoms with Crippen molar-refractivity contribution in [2.75, 3.05) is 39.5 Å². The molecule has 0 aromatic rings. The number of hydrogen-bond acceptors (Lipinski definition) is 5. The Morgan fingerprint density at radius 1 is 1.40 bits per heavy atom. The van der Waals surface area contributed by atoms with E-state index in [0.29, 0.717) is 19.7 Å². The molecule has 0 heterocycles. The van der Waals surface area contributed by atoms with Gasteiger partial charge in [-0.25, -0.2) is 0 Å². The maximum Gasteiger partial charge on any atom is 0.304 e. The Morgan fingerprint density at radius 2 is 2.13 bits per heavy atom. The van der Waals surface area contributed by atoms with Gasteiger partial charge in [0.05, 0.1) is 38.9 Å². The second kappa shape index (κ2) is 9.40. The molecule has 0 bridgehead atoms. The zero-order valence-electron chi connectivity index (χ0n) is 8.56. The number of nitriles is 1. The third kappa shape index (κ3) is 9.15. The Balaban J connectivity index is 3.63. The molecule has 6 nitrogen and oxygen atoms in total. The Bertz CT molecular complexity index is 215. The number of carboxylic acid groups (broad SMARTS) is 1. The molecule has 0 aromatic heterocycles. The van der Waals surface area contributed by atoms with Gasteiger partial charge in [0.1, 0.15) is 0 Å². The van der Waals surface area contributed by atoms with Crippen molar-refractivity contribution in [3.63, 3.8) is 0 Å². The van der Waals surface area contributed by atoms with Crippen LogP contribution in [-0.4, -0.2) is 60.5 Å². The van der Waals surface area contributed by atoms with E-state index in [1.165, 1.54) is 0 Å². The molecule has 6 heteroatoms. The molecule has 0 aliphatic rings. The average molecular weight is 216 g/mol. The Hall–Kier alpha value is -1.16. The molecular weight excluding hydrogens is 200 g/mol. The van der Waals surface area contributed by atoms with Crippen LogP contribution in [0.3, 0.4) is 0 Å². The summed E-state index contributed by atoms with van der Waals surface area (Å²) >= 11 is 0. The molecule has 86 valence electrons. The summed E-state index contributed by atoms with van der Waals surface area (Å²) in [6.45, 7) is 1.65. The molecule has 0 unspecified atom stereocenters. The summed E-state index contributed by atoms with van der Waals surface area (Å²) in [6, 6.07) is 1.96. The average Bonchev–Trinajstić information content (AvgIpc) is 2.20. The normalized spacial score (nSPS) is 10.2. The zero-order valence-corrected chi connectivity index (χ0v) is 8.56. The topological polar surface area (TPSA) is 93.8 Å². The lowest BCUT2D eigenvalue weighted by molar-refractivity contribution is -0.137. The van der Waals surface area contributed by atoms with Crippen molar-refractivity contribution >= 4 is 5.97 Å². The molecule has 0 aliphatic heterocycles. The predicted octanol–water partition coefficient (Wildman–Crippen LogP) is -0.704. The lowest BCUT2D eigenvalue weighted by Crippen LogP contribution is -2.30. The molecule has 0 radical (unpaired) electrons. The monoisotopic (exact) mass is 216 g/mol. The van der Waals surface area contributed by atoms with Gasteiger partial charge in [-0.1, -0.05) is 0 Å². The van der Waals surface area contributed by atoms with E-state index in [2.05, 4.69) is 0 Å². The number of carbonyl (C=O) groups is 1. The first-order chi connectivity index (χ1) is 7.20. The van der Waals surface area contributed by atoms with Crippen LogP contribution in [0.15, 0.2) is 0 Å². The summed E-state index contributed by atoms with van der Waals surface area (Å²) in [7, 11) is 0. The first-order valence-electron chi connectivity index (χ1n) is 4.70. The van der Waals surface area contributed by atoms with Crippen LogP contribution >= 0.6 is 0 Å². The van der Waals surface area contributed by atoms with Crippen LogP contribution in [0.5, 0.6) is 0 Å². The van der Waals surface area contributed by atoms with E-state index in [1.807, 2.05) is 6.07 Å². The van der Waals surface area contributed by atoms with Crippen LogP contribution < -0.4 is 0 Å². The van der Waals surface area contributed by atoms with Gasteiger partial charge < -0.3 is 14.9 Å². The minimum Gasteiger partial charge on any atom is -0.481 e. The summed E-state index contributed by atoms with van der Waals surface area (Å²) in [5.74, 6) is -0.880. The van der Waals surface area contributed by atoms with Crippen LogP contribution in [-0.2, 0) is 9.53 Å². The SMILES string of the molecule is N#CCN(CCOCCO)CCC(=O)O.